The fourth-order valence-electron chi connectivity index (χ4n) is 3.01. The second-order valence-corrected chi connectivity index (χ2v) is 7.87. The largest absolute Gasteiger partial charge is 0.497 e. The van der Waals surface area contributed by atoms with Crippen LogP contribution in [0, 0.1) is 0 Å². The van der Waals surface area contributed by atoms with Crippen molar-refractivity contribution in [3.8, 4) is 5.75 Å². The van der Waals surface area contributed by atoms with E-state index in [4.69, 9.17) is 9.47 Å². The highest BCUT2D eigenvalue weighted by Crippen LogP contribution is 2.37. The molecule has 0 aromatic heterocycles. The van der Waals surface area contributed by atoms with Gasteiger partial charge in [0.05, 0.1) is 36.8 Å². The van der Waals surface area contributed by atoms with Crippen LogP contribution in [0.25, 0.3) is 5.57 Å². The lowest BCUT2D eigenvalue weighted by Crippen LogP contribution is -2.35. The van der Waals surface area contributed by atoms with Crippen LogP contribution in [0.5, 0.6) is 5.75 Å². The minimum atomic E-state index is -0.275. The van der Waals surface area contributed by atoms with E-state index in [9.17, 15) is 9.59 Å². The Balaban J connectivity index is 1.87. The summed E-state index contributed by atoms with van der Waals surface area (Å²) in [6.07, 6.45) is 0.0451. The number of hydrogen-bond donors (Lipinski definition) is 0. The first-order valence-corrected chi connectivity index (χ1v) is 10.5. The lowest BCUT2D eigenvalue weighted by molar-refractivity contribution is -0.137. The summed E-state index contributed by atoms with van der Waals surface area (Å²) in [4.78, 5) is 27.9. The zero-order valence-electron chi connectivity index (χ0n) is 16.9. The maximum atomic E-state index is 13.1. The highest BCUT2D eigenvalue weighted by molar-refractivity contribution is 8.03. The molecular weight excluding hydrogens is 386 g/mol. The third-order valence-corrected chi connectivity index (χ3v) is 5.64. The van der Waals surface area contributed by atoms with Gasteiger partial charge in [-0.3, -0.25) is 14.5 Å². The monoisotopic (exact) mass is 411 g/mol. The van der Waals surface area contributed by atoms with E-state index in [1.54, 1.807) is 19.2 Å². The molecule has 0 bridgehead atoms. The summed E-state index contributed by atoms with van der Waals surface area (Å²) in [6, 6.07) is 17.1. The van der Waals surface area contributed by atoms with E-state index in [2.05, 4.69) is 0 Å². The molecule has 1 aliphatic rings. The van der Waals surface area contributed by atoms with Crippen molar-refractivity contribution < 1.29 is 19.1 Å². The van der Waals surface area contributed by atoms with E-state index >= 15 is 0 Å². The first-order valence-electron chi connectivity index (χ1n) is 9.54. The second-order valence-electron chi connectivity index (χ2n) is 6.89. The highest BCUT2D eigenvalue weighted by Gasteiger charge is 2.38. The topological polar surface area (TPSA) is 55.8 Å². The second kappa shape index (κ2) is 9.76. The molecule has 0 saturated carbocycles. The molecule has 3 rings (SSSR count). The van der Waals surface area contributed by atoms with Crippen molar-refractivity contribution in [3.63, 3.8) is 0 Å². The summed E-state index contributed by atoms with van der Waals surface area (Å²) in [5, 5.41) is 0. The Morgan fingerprint density at radius 1 is 0.966 bits per heavy atom. The molecular formula is C23H25NO4S. The van der Waals surface area contributed by atoms with Gasteiger partial charge in [0.25, 0.3) is 11.8 Å². The molecule has 0 fully saturated rings. The van der Waals surface area contributed by atoms with Gasteiger partial charge in [0.2, 0.25) is 0 Å². The Labute approximate surface area is 175 Å². The number of thioether (sulfide) groups is 1. The predicted molar refractivity (Wildman–Crippen MR) is 115 cm³/mol. The van der Waals surface area contributed by atoms with Gasteiger partial charge in [0, 0.05) is 5.75 Å². The van der Waals surface area contributed by atoms with Gasteiger partial charge in [-0.05, 0) is 37.1 Å². The van der Waals surface area contributed by atoms with Gasteiger partial charge in [0.15, 0.2) is 0 Å². The number of carbonyl (C=O) groups excluding carboxylic acids is 2. The summed E-state index contributed by atoms with van der Waals surface area (Å²) >= 11 is 1.40. The molecule has 0 radical (unpaired) electrons. The number of benzene rings is 2. The fourth-order valence-corrected chi connectivity index (χ4v) is 4.10. The summed E-state index contributed by atoms with van der Waals surface area (Å²) in [5.41, 5.74) is 2.26. The number of methoxy groups -OCH3 is 1. The molecule has 29 heavy (non-hydrogen) atoms. The SMILES string of the molecule is COc1ccc(C2=C(SCc3ccccc3)C(=O)N(CCOC(C)C)C2=O)cc1. The van der Waals surface area contributed by atoms with Crippen LogP contribution in [-0.2, 0) is 20.1 Å². The van der Waals surface area contributed by atoms with Crippen LogP contribution in [0.1, 0.15) is 25.0 Å². The number of carbonyl (C=O) groups is 2. The molecule has 1 aliphatic heterocycles. The molecule has 0 unspecified atom stereocenters. The number of imide groups is 1. The zero-order valence-corrected chi connectivity index (χ0v) is 17.7. The fraction of sp³-hybridized carbons (Fsp3) is 0.304. The molecule has 1 heterocycles. The highest BCUT2D eigenvalue weighted by atomic mass is 32.2. The lowest BCUT2D eigenvalue weighted by atomic mass is 10.1. The molecule has 0 saturated heterocycles. The average molecular weight is 412 g/mol. The normalized spacial score (nSPS) is 14.3. The number of amides is 2. The molecule has 2 amide bonds. The smallest absolute Gasteiger partial charge is 0.268 e. The number of nitrogens with zero attached hydrogens (tertiary/aromatic N) is 1. The number of hydrogen-bond acceptors (Lipinski definition) is 5. The van der Waals surface area contributed by atoms with Gasteiger partial charge in [-0.1, -0.05) is 42.5 Å². The van der Waals surface area contributed by atoms with Crippen molar-refractivity contribution in [2.24, 2.45) is 0 Å². The van der Waals surface area contributed by atoms with Crippen LogP contribution in [-0.4, -0.2) is 43.1 Å². The summed E-state index contributed by atoms with van der Waals surface area (Å²) in [6.45, 7) is 4.41. The van der Waals surface area contributed by atoms with Gasteiger partial charge >= 0.3 is 0 Å². The Hall–Kier alpha value is -2.57. The standard InChI is InChI=1S/C23H25NO4S/c1-16(2)28-14-13-24-22(25)20(18-9-11-19(27-3)12-10-18)21(23(24)26)29-15-17-7-5-4-6-8-17/h4-12,16H,13-15H2,1-3H3. The van der Waals surface area contributed by atoms with E-state index in [1.165, 1.54) is 16.7 Å². The van der Waals surface area contributed by atoms with Gasteiger partial charge in [-0.15, -0.1) is 11.8 Å². The lowest BCUT2D eigenvalue weighted by Gasteiger charge is -2.16. The van der Waals surface area contributed by atoms with Crippen molar-refractivity contribution in [1.82, 2.24) is 4.90 Å². The Morgan fingerprint density at radius 2 is 1.66 bits per heavy atom. The van der Waals surface area contributed by atoms with Gasteiger partial charge in [-0.25, -0.2) is 0 Å². The van der Waals surface area contributed by atoms with Gasteiger partial charge < -0.3 is 9.47 Å². The summed E-state index contributed by atoms with van der Waals surface area (Å²) < 4.78 is 10.8. The molecule has 0 atom stereocenters. The first-order chi connectivity index (χ1) is 14.0. The third kappa shape index (κ3) is 5.08. The Morgan fingerprint density at radius 3 is 2.28 bits per heavy atom. The Bertz CT molecular complexity index is 891. The van der Waals surface area contributed by atoms with Crippen molar-refractivity contribution >= 4 is 29.1 Å². The molecule has 0 spiro atoms. The summed E-state index contributed by atoms with van der Waals surface area (Å²) in [5.74, 6) is 0.787. The van der Waals surface area contributed by atoms with Gasteiger partial charge in [-0.2, -0.15) is 0 Å². The van der Waals surface area contributed by atoms with E-state index in [0.29, 0.717) is 34.2 Å². The first kappa shape index (κ1) is 21.1. The number of ether oxygens (including phenoxy) is 2. The molecule has 0 aliphatic carbocycles. The van der Waals surface area contributed by atoms with Crippen LogP contribution >= 0.6 is 11.8 Å². The molecule has 0 N–H and O–H groups in total. The zero-order chi connectivity index (χ0) is 20.8. The third-order valence-electron chi connectivity index (χ3n) is 4.50. The van der Waals surface area contributed by atoms with E-state index < -0.39 is 0 Å². The van der Waals surface area contributed by atoms with Crippen LogP contribution in [0.15, 0.2) is 59.5 Å². The Kier molecular flexibility index (Phi) is 7.12. The van der Waals surface area contributed by atoms with E-state index in [-0.39, 0.29) is 24.5 Å². The van der Waals surface area contributed by atoms with Crippen LogP contribution in [0.2, 0.25) is 0 Å². The molecule has 5 nitrogen and oxygen atoms in total. The van der Waals surface area contributed by atoms with E-state index in [0.717, 1.165) is 5.56 Å². The molecule has 2 aromatic carbocycles. The van der Waals surface area contributed by atoms with Crippen molar-refractivity contribution in [3.05, 3.63) is 70.6 Å². The van der Waals surface area contributed by atoms with Crippen molar-refractivity contribution in [2.45, 2.75) is 25.7 Å². The van der Waals surface area contributed by atoms with Crippen LogP contribution in [0.4, 0.5) is 0 Å². The minimum Gasteiger partial charge on any atom is -0.497 e. The maximum absolute atomic E-state index is 13.1. The molecule has 6 heteroatoms. The quantitative estimate of drug-likeness (QED) is 0.581. The van der Waals surface area contributed by atoms with Crippen molar-refractivity contribution in [1.29, 1.82) is 0 Å². The predicted octanol–water partition coefficient (Wildman–Crippen LogP) is 4.13. The van der Waals surface area contributed by atoms with Gasteiger partial charge in [0.1, 0.15) is 5.75 Å². The minimum absolute atomic E-state index is 0.0451. The number of rotatable bonds is 9. The summed E-state index contributed by atoms with van der Waals surface area (Å²) in [7, 11) is 1.59. The molecule has 2 aromatic rings. The molecule has 152 valence electrons. The van der Waals surface area contributed by atoms with Crippen LogP contribution in [0.3, 0.4) is 0 Å². The average Bonchev–Trinajstić information content (AvgIpc) is 2.97. The maximum Gasteiger partial charge on any atom is 0.268 e. The van der Waals surface area contributed by atoms with E-state index in [1.807, 2.05) is 56.3 Å². The van der Waals surface area contributed by atoms with Crippen LogP contribution < -0.4 is 4.74 Å². The van der Waals surface area contributed by atoms with Crippen molar-refractivity contribution in [2.75, 3.05) is 20.3 Å².